The van der Waals surface area contributed by atoms with E-state index in [1.807, 2.05) is 30.3 Å². The Kier molecular flexibility index (Phi) is 3.77. The van der Waals surface area contributed by atoms with Crippen LogP contribution >= 0.6 is 0 Å². The van der Waals surface area contributed by atoms with Gasteiger partial charge < -0.3 is 11.1 Å². The molecular weight excluding hydrogens is 336 g/mol. The van der Waals surface area contributed by atoms with Gasteiger partial charge in [-0.1, -0.05) is 30.3 Å². The van der Waals surface area contributed by atoms with Gasteiger partial charge in [-0.2, -0.15) is 4.31 Å². The molecular formula is C18H20N4O2S. The maximum atomic E-state index is 12.8. The molecule has 1 fully saturated rings. The van der Waals surface area contributed by atoms with Crippen LogP contribution in [0.4, 0.5) is 5.69 Å². The minimum absolute atomic E-state index is 0.330. The molecule has 0 aromatic heterocycles. The van der Waals surface area contributed by atoms with Crippen molar-refractivity contribution in [2.45, 2.75) is 23.4 Å². The molecule has 130 valence electrons. The average Bonchev–Trinajstić information content (AvgIpc) is 2.63. The van der Waals surface area contributed by atoms with Crippen LogP contribution in [0.5, 0.6) is 0 Å². The van der Waals surface area contributed by atoms with Crippen molar-refractivity contribution < 1.29 is 8.42 Å². The van der Waals surface area contributed by atoms with Gasteiger partial charge in [0, 0.05) is 37.2 Å². The number of hydrogen-bond donors (Lipinski definition) is 2. The van der Waals surface area contributed by atoms with Gasteiger partial charge in [-0.3, -0.25) is 0 Å². The predicted octanol–water partition coefficient (Wildman–Crippen LogP) is 2.00. The van der Waals surface area contributed by atoms with E-state index in [0.29, 0.717) is 36.7 Å². The van der Waals surface area contributed by atoms with Crippen LogP contribution in [0.25, 0.3) is 0 Å². The Morgan fingerprint density at radius 2 is 1.64 bits per heavy atom. The summed E-state index contributed by atoms with van der Waals surface area (Å²) in [5.41, 5.74) is 7.46. The molecule has 0 unspecified atom stereocenters. The number of rotatable bonds is 2. The van der Waals surface area contributed by atoms with Crippen molar-refractivity contribution in [1.82, 2.24) is 4.31 Å². The predicted molar refractivity (Wildman–Crippen MR) is 98.0 cm³/mol. The third-order valence-corrected chi connectivity index (χ3v) is 6.75. The number of aliphatic imine (C=N–C) groups is 1. The molecule has 2 aromatic carbocycles. The van der Waals surface area contributed by atoms with E-state index in [1.165, 1.54) is 4.31 Å². The highest BCUT2D eigenvalue weighted by molar-refractivity contribution is 7.89. The summed E-state index contributed by atoms with van der Waals surface area (Å²) in [4.78, 5) is 5.00. The number of amidine groups is 1. The fraction of sp³-hybridized carbons (Fsp3) is 0.278. The molecule has 4 rings (SSSR count). The smallest absolute Gasteiger partial charge is 0.243 e. The van der Waals surface area contributed by atoms with Gasteiger partial charge in [-0.15, -0.1) is 0 Å². The zero-order chi connectivity index (χ0) is 17.5. The second-order valence-corrected chi connectivity index (χ2v) is 8.35. The Morgan fingerprint density at radius 1 is 1.00 bits per heavy atom. The van der Waals surface area contributed by atoms with Gasteiger partial charge in [0.1, 0.15) is 11.5 Å². The van der Waals surface area contributed by atoms with Crippen LogP contribution in [0.15, 0.2) is 64.5 Å². The van der Waals surface area contributed by atoms with Crippen LogP contribution in [0, 0.1) is 0 Å². The van der Waals surface area contributed by atoms with E-state index in [-0.39, 0.29) is 0 Å². The van der Waals surface area contributed by atoms with E-state index in [4.69, 9.17) is 5.73 Å². The first-order chi connectivity index (χ1) is 12.0. The number of nitrogens with zero attached hydrogens (tertiary/aromatic N) is 2. The monoisotopic (exact) mass is 356 g/mol. The summed E-state index contributed by atoms with van der Waals surface area (Å²) >= 11 is 0. The minimum Gasteiger partial charge on any atom is -0.383 e. The molecule has 3 N–H and O–H groups in total. The molecule has 0 amide bonds. The molecule has 0 atom stereocenters. The molecule has 0 aliphatic carbocycles. The topological polar surface area (TPSA) is 87.8 Å². The number of anilines is 1. The maximum absolute atomic E-state index is 12.8. The van der Waals surface area contributed by atoms with Gasteiger partial charge in [0.15, 0.2) is 0 Å². The first kappa shape index (κ1) is 16.1. The summed E-state index contributed by atoms with van der Waals surface area (Å²) in [5, 5.41) is 3.47. The molecule has 2 heterocycles. The van der Waals surface area contributed by atoms with E-state index >= 15 is 0 Å². The van der Waals surface area contributed by atoms with Crippen molar-refractivity contribution >= 4 is 21.5 Å². The third kappa shape index (κ3) is 2.79. The fourth-order valence-corrected chi connectivity index (χ4v) is 4.92. The van der Waals surface area contributed by atoms with Crippen molar-refractivity contribution in [2.24, 2.45) is 10.7 Å². The zero-order valence-electron chi connectivity index (χ0n) is 13.7. The number of para-hydroxylation sites is 1. The zero-order valence-corrected chi connectivity index (χ0v) is 14.5. The van der Waals surface area contributed by atoms with Crippen LogP contribution in [0.1, 0.15) is 18.4 Å². The van der Waals surface area contributed by atoms with Crippen molar-refractivity contribution in [2.75, 3.05) is 18.4 Å². The minimum atomic E-state index is -3.47. The van der Waals surface area contributed by atoms with Gasteiger partial charge in [0.05, 0.1) is 4.90 Å². The molecule has 2 aliphatic heterocycles. The number of fused-ring (bicyclic) bond motifs is 1. The van der Waals surface area contributed by atoms with Crippen molar-refractivity contribution in [3.8, 4) is 0 Å². The quantitative estimate of drug-likeness (QED) is 0.861. The SMILES string of the molecule is NC1=NC2(CCN(S(=O)(=O)c3ccccc3)CC2)Nc2ccccc21. The van der Waals surface area contributed by atoms with Gasteiger partial charge in [-0.25, -0.2) is 13.4 Å². The molecule has 1 saturated heterocycles. The van der Waals surface area contributed by atoms with Crippen LogP contribution in [-0.2, 0) is 10.0 Å². The lowest BCUT2D eigenvalue weighted by Gasteiger charge is -2.42. The molecule has 7 heteroatoms. The summed E-state index contributed by atoms with van der Waals surface area (Å²) in [6.07, 6.45) is 1.15. The second kappa shape index (κ2) is 5.86. The Labute approximate surface area is 147 Å². The number of nitrogens with one attached hydrogen (secondary N) is 1. The summed E-state index contributed by atoms with van der Waals surface area (Å²) < 4.78 is 27.1. The molecule has 1 spiro atoms. The van der Waals surface area contributed by atoms with Crippen LogP contribution in [0.2, 0.25) is 0 Å². The highest BCUT2D eigenvalue weighted by atomic mass is 32.2. The molecule has 25 heavy (non-hydrogen) atoms. The summed E-state index contributed by atoms with van der Waals surface area (Å²) in [6.45, 7) is 0.812. The number of nitrogens with two attached hydrogens (primary N) is 1. The fourth-order valence-electron chi connectivity index (χ4n) is 3.46. The standard InChI is InChI=1S/C18H20N4O2S/c19-17-15-8-4-5-9-16(15)20-18(21-17)10-12-22(13-11-18)25(23,24)14-6-2-1-3-7-14/h1-9,20H,10-13H2,(H2,19,21). The van der Waals surface area contributed by atoms with Crippen LogP contribution in [0.3, 0.4) is 0 Å². The van der Waals surface area contributed by atoms with Crippen molar-refractivity contribution in [3.05, 3.63) is 60.2 Å². The lowest BCUT2D eigenvalue weighted by molar-refractivity contribution is 0.260. The molecule has 0 radical (unpaired) electrons. The van der Waals surface area contributed by atoms with Gasteiger partial charge in [0.2, 0.25) is 10.0 Å². The first-order valence-corrected chi connectivity index (χ1v) is 9.72. The number of sulfonamides is 1. The Balaban J connectivity index is 1.56. The van der Waals surface area contributed by atoms with E-state index < -0.39 is 15.7 Å². The number of hydrogen-bond acceptors (Lipinski definition) is 5. The lowest BCUT2D eigenvalue weighted by atomic mass is 9.95. The highest BCUT2D eigenvalue weighted by Crippen LogP contribution is 2.35. The second-order valence-electron chi connectivity index (χ2n) is 6.42. The molecule has 2 aromatic rings. The van der Waals surface area contributed by atoms with Crippen molar-refractivity contribution in [1.29, 1.82) is 0 Å². The van der Waals surface area contributed by atoms with Crippen molar-refractivity contribution in [3.63, 3.8) is 0 Å². The Bertz CT molecular complexity index is 917. The lowest BCUT2D eigenvalue weighted by Crippen LogP contribution is -2.52. The normalized spacial score (nSPS) is 19.8. The van der Waals surface area contributed by atoms with E-state index in [0.717, 1.165) is 11.3 Å². The molecule has 0 saturated carbocycles. The number of piperidine rings is 1. The Hall–Kier alpha value is -2.38. The molecule has 6 nitrogen and oxygen atoms in total. The summed E-state index contributed by atoms with van der Waals surface area (Å²) in [6, 6.07) is 16.3. The molecule has 2 aliphatic rings. The van der Waals surface area contributed by atoms with Gasteiger partial charge in [-0.05, 0) is 24.3 Å². The summed E-state index contributed by atoms with van der Waals surface area (Å²) in [7, 11) is -3.47. The van der Waals surface area contributed by atoms with Crippen LogP contribution < -0.4 is 11.1 Å². The first-order valence-electron chi connectivity index (χ1n) is 8.28. The van der Waals surface area contributed by atoms with Crippen LogP contribution in [-0.4, -0.2) is 37.3 Å². The van der Waals surface area contributed by atoms with E-state index in [9.17, 15) is 8.42 Å². The van der Waals surface area contributed by atoms with Gasteiger partial charge in [0.25, 0.3) is 0 Å². The maximum Gasteiger partial charge on any atom is 0.243 e. The third-order valence-electron chi connectivity index (χ3n) is 4.84. The van der Waals surface area contributed by atoms with Gasteiger partial charge >= 0.3 is 0 Å². The summed E-state index contributed by atoms with van der Waals surface area (Å²) in [5.74, 6) is 0.508. The number of benzene rings is 2. The molecule has 0 bridgehead atoms. The van der Waals surface area contributed by atoms with E-state index in [2.05, 4.69) is 10.3 Å². The average molecular weight is 356 g/mol. The highest BCUT2D eigenvalue weighted by Gasteiger charge is 2.40. The Morgan fingerprint density at radius 3 is 2.36 bits per heavy atom. The van der Waals surface area contributed by atoms with E-state index in [1.54, 1.807) is 24.3 Å². The largest absolute Gasteiger partial charge is 0.383 e.